The van der Waals surface area contributed by atoms with E-state index in [9.17, 15) is 9.90 Å². The Morgan fingerprint density at radius 3 is 2.94 bits per heavy atom. The third-order valence-electron chi connectivity index (χ3n) is 2.52. The Morgan fingerprint density at radius 2 is 2.28 bits per heavy atom. The van der Waals surface area contributed by atoms with Gasteiger partial charge in [0.1, 0.15) is 5.75 Å². The summed E-state index contributed by atoms with van der Waals surface area (Å²) in [5.74, 6) is 0.0945. The van der Waals surface area contributed by atoms with Gasteiger partial charge in [-0.3, -0.25) is 9.48 Å². The molecule has 2 rings (SSSR count). The monoisotopic (exact) mass is 245 g/mol. The third-order valence-corrected chi connectivity index (χ3v) is 2.52. The van der Waals surface area contributed by atoms with Gasteiger partial charge >= 0.3 is 0 Å². The maximum absolute atomic E-state index is 11.7. The summed E-state index contributed by atoms with van der Waals surface area (Å²) in [5, 5.41) is 16.1. The Balaban J connectivity index is 1.85. The first-order valence-corrected chi connectivity index (χ1v) is 5.65. The fraction of sp³-hybridized carbons (Fsp3) is 0.231. The van der Waals surface area contributed by atoms with Crippen LogP contribution in [-0.2, 0) is 24.8 Å². The molecule has 1 amide bonds. The summed E-state index contributed by atoms with van der Waals surface area (Å²) < 4.78 is 1.69. The van der Waals surface area contributed by atoms with Crippen LogP contribution in [0.15, 0.2) is 36.7 Å². The number of aromatic hydroxyl groups is 1. The van der Waals surface area contributed by atoms with Gasteiger partial charge in [0.05, 0.1) is 12.6 Å². The molecule has 0 aliphatic rings. The minimum atomic E-state index is -0.0792. The first-order valence-electron chi connectivity index (χ1n) is 5.65. The Bertz CT molecular complexity index is 549. The van der Waals surface area contributed by atoms with Gasteiger partial charge in [0, 0.05) is 25.4 Å². The third kappa shape index (κ3) is 3.35. The molecule has 94 valence electrons. The molecule has 5 heteroatoms. The number of rotatable bonds is 4. The van der Waals surface area contributed by atoms with Gasteiger partial charge in [-0.15, -0.1) is 0 Å². The van der Waals surface area contributed by atoms with Crippen molar-refractivity contribution >= 4 is 5.91 Å². The van der Waals surface area contributed by atoms with Crippen molar-refractivity contribution in [1.82, 2.24) is 15.1 Å². The van der Waals surface area contributed by atoms with Gasteiger partial charge in [-0.2, -0.15) is 5.10 Å². The second-order valence-corrected chi connectivity index (χ2v) is 4.15. The van der Waals surface area contributed by atoms with Crippen molar-refractivity contribution in [3.05, 3.63) is 47.8 Å². The predicted molar refractivity (Wildman–Crippen MR) is 66.9 cm³/mol. The van der Waals surface area contributed by atoms with Crippen LogP contribution in [0.2, 0.25) is 0 Å². The zero-order chi connectivity index (χ0) is 13.0. The molecule has 1 aromatic heterocycles. The lowest BCUT2D eigenvalue weighted by Crippen LogP contribution is -2.24. The number of carbonyl (C=O) groups is 1. The summed E-state index contributed by atoms with van der Waals surface area (Å²) in [6.45, 7) is 0.464. The lowest BCUT2D eigenvalue weighted by atomic mass is 10.1. The van der Waals surface area contributed by atoms with Gasteiger partial charge in [0.25, 0.3) is 0 Å². The van der Waals surface area contributed by atoms with Crippen LogP contribution < -0.4 is 5.32 Å². The van der Waals surface area contributed by atoms with Gasteiger partial charge in [-0.25, -0.2) is 0 Å². The zero-order valence-corrected chi connectivity index (χ0v) is 10.1. The van der Waals surface area contributed by atoms with Crippen LogP contribution in [-0.4, -0.2) is 20.8 Å². The van der Waals surface area contributed by atoms with Crippen LogP contribution in [0.3, 0.4) is 0 Å². The normalized spacial score (nSPS) is 10.3. The second kappa shape index (κ2) is 5.35. The summed E-state index contributed by atoms with van der Waals surface area (Å²) in [4.78, 5) is 11.7. The van der Waals surface area contributed by atoms with E-state index in [-0.39, 0.29) is 18.1 Å². The summed E-state index contributed by atoms with van der Waals surface area (Å²) >= 11 is 0. The molecule has 18 heavy (non-hydrogen) atoms. The van der Waals surface area contributed by atoms with Crippen molar-refractivity contribution in [1.29, 1.82) is 0 Å². The lowest BCUT2D eigenvalue weighted by Gasteiger charge is -2.04. The number of hydrogen-bond acceptors (Lipinski definition) is 3. The molecule has 1 heterocycles. The second-order valence-electron chi connectivity index (χ2n) is 4.15. The highest BCUT2D eigenvalue weighted by Crippen LogP contribution is 2.11. The fourth-order valence-corrected chi connectivity index (χ4v) is 1.68. The predicted octanol–water partition coefficient (Wildman–Crippen LogP) is 0.985. The first kappa shape index (κ1) is 12.2. The smallest absolute Gasteiger partial charge is 0.224 e. The molecule has 0 saturated heterocycles. The molecular formula is C13H15N3O2. The van der Waals surface area contributed by atoms with Crippen molar-refractivity contribution in [2.24, 2.45) is 7.05 Å². The van der Waals surface area contributed by atoms with E-state index in [0.717, 1.165) is 11.1 Å². The highest BCUT2D eigenvalue weighted by molar-refractivity contribution is 5.78. The molecule has 1 aromatic carbocycles. The number of amides is 1. The number of phenols is 1. The van der Waals surface area contributed by atoms with Gasteiger partial charge in [-0.1, -0.05) is 12.1 Å². The standard InChI is InChI=1S/C13H15N3O2/c1-16-9-11(8-15-16)7-14-13(18)6-10-3-2-4-12(17)5-10/h2-5,8-9,17H,6-7H2,1H3,(H,14,18). The summed E-state index contributed by atoms with van der Waals surface area (Å²) in [6, 6.07) is 6.70. The molecule has 0 atom stereocenters. The van der Waals surface area contributed by atoms with Crippen molar-refractivity contribution in [2.75, 3.05) is 0 Å². The Labute approximate surface area is 105 Å². The highest BCUT2D eigenvalue weighted by atomic mass is 16.3. The van der Waals surface area contributed by atoms with E-state index in [1.54, 1.807) is 29.1 Å². The minimum Gasteiger partial charge on any atom is -0.508 e. The Hall–Kier alpha value is -2.30. The van der Waals surface area contributed by atoms with Crippen LogP contribution in [0, 0.1) is 0 Å². The van der Waals surface area contributed by atoms with E-state index in [1.807, 2.05) is 19.3 Å². The molecule has 0 aliphatic heterocycles. The van der Waals surface area contributed by atoms with Gasteiger partial charge in [-0.05, 0) is 17.7 Å². The minimum absolute atomic E-state index is 0.0792. The van der Waals surface area contributed by atoms with Crippen molar-refractivity contribution in [3.63, 3.8) is 0 Å². The molecule has 2 aromatic rings. The number of aryl methyl sites for hydroxylation is 1. The van der Waals surface area contributed by atoms with Gasteiger partial charge in [0.2, 0.25) is 5.91 Å². The quantitative estimate of drug-likeness (QED) is 0.844. The van der Waals surface area contributed by atoms with E-state index < -0.39 is 0 Å². The molecule has 5 nitrogen and oxygen atoms in total. The summed E-state index contributed by atoms with van der Waals surface area (Å²) in [6.07, 6.45) is 3.83. The number of carbonyl (C=O) groups excluding carboxylic acids is 1. The highest BCUT2D eigenvalue weighted by Gasteiger charge is 2.04. The van der Waals surface area contributed by atoms with E-state index >= 15 is 0 Å². The number of nitrogens with zero attached hydrogens (tertiary/aromatic N) is 2. The number of hydrogen-bond donors (Lipinski definition) is 2. The van der Waals surface area contributed by atoms with Crippen LogP contribution in [0.5, 0.6) is 5.75 Å². The molecule has 0 unspecified atom stereocenters. The van der Waals surface area contributed by atoms with Crippen LogP contribution in [0.4, 0.5) is 0 Å². The fourth-order valence-electron chi connectivity index (χ4n) is 1.68. The van der Waals surface area contributed by atoms with Crippen molar-refractivity contribution in [3.8, 4) is 5.75 Å². The molecule has 0 saturated carbocycles. The van der Waals surface area contributed by atoms with Crippen LogP contribution in [0.25, 0.3) is 0 Å². The Morgan fingerprint density at radius 1 is 1.44 bits per heavy atom. The first-order chi connectivity index (χ1) is 8.63. The van der Waals surface area contributed by atoms with E-state index in [0.29, 0.717) is 6.54 Å². The maximum atomic E-state index is 11.7. The maximum Gasteiger partial charge on any atom is 0.224 e. The summed E-state index contributed by atoms with van der Waals surface area (Å²) in [7, 11) is 1.83. The number of aromatic nitrogens is 2. The van der Waals surface area contributed by atoms with Gasteiger partial charge < -0.3 is 10.4 Å². The average molecular weight is 245 g/mol. The van der Waals surface area contributed by atoms with Crippen molar-refractivity contribution in [2.45, 2.75) is 13.0 Å². The van der Waals surface area contributed by atoms with Crippen molar-refractivity contribution < 1.29 is 9.90 Å². The molecule has 2 N–H and O–H groups in total. The van der Waals surface area contributed by atoms with E-state index in [1.165, 1.54) is 0 Å². The molecule has 0 fully saturated rings. The number of nitrogens with one attached hydrogen (secondary N) is 1. The molecule has 0 bridgehead atoms. The number of phenolic OH excluding ortho intramolecular Hbond substituents is 1. The topological polar surface area (TPSA) is 67.2 Å². The zero-order valence-electron chi connectivity index (χ0n) is 10.1. The van der Waals surface area contributed by atoms with Crippen LogP contribution in [0.1, 0.15) is 11.1 Å². The largest absolute Gasteiger partial charge is 0.508 e. The van der Waals surface area contributed by atoms with Crippen LogP contribution >= 0.6 is 0 Å². The molecular weight excluding hydrogens is 230 g/mol. The summed E-state index contributed by atoms with van der Waals surface area (Å²) in [5.41, 5.74) is 1.75. The molecule has 0 spiro atoms. The average Bonchev–Trinajstić information content (AvgIpc) is 2.73. The Kier molecular flexibility index (Phi) is 3.62. The van der Waals surface area contributed by atoms with E-state index in [2.05, 4.69) is 10.4 Å². The number of benzene rings is 1. The molecule has 0 aliphatic carbocycles. The SMILES string of the molecule is Cn1cc(CNC(=O)Cc2cccc(O)c2)cn1. The lowest BCUT2D eigenvalue weighted by molar-refractivity contribution is -0.120. The van der Waals surface area contributed by atoms with Gasteiger partial charge in [0.15, 0.2) is 0 Å². The van der Waals surface area contributed by atoms with E-state index in [4.69, 9.17) is 0 Å². The molecule has 0 radical (unpaired) electrons.